The van der Waals surface area contributed by atoms with Gasteiger partial charge in [0.2, 0.25) is 0 Å². The van der Waals surface area contributed by atoms with E-state index in [0.717, 1.165) is 11.1 Å². The van der Waals surface area contributed by atoms with E-state index in [4.69, 9.17) is 0 Å². The third kappa shape index (κ3) is 2.49. The Labute approximate surface area is 125 Å². The summed E-state index contributed by atoms with van der Waals surface area (Å²) >= 11 is 0. The van der Waals surface area contributed by atoms with Gasteiger partial charge >= 0.3 is 0 Å². The van der Waals surface area contributed by atoms with E-state index in [0.29, 0.717) is 4.90 Å². The zero-order chi connectivity index (χ0) is 15.0. The van der Waals surface area contributed by atoms with E-state index in [1.807, 2.05) is 37.3 Å². The Bertz CT molecular complexity index is 720. The van der Waals surface area contributed by atoms with Crippen molar-refractivity contribution in [1.82, 2.24) is 0 Å². The van der Waals surface area contributed by atoms with Crippen LogP contribution in [0.4, 0.5) is 0 Å². The average Bonchev–Trinajstić information content (AvgIpc) is 3.24. The highest BCUT2D eigenvalue weighted by atomic mass is 32.2. The minimum atomic E-state index is -3.40. The normalized spacial score (nSPS) is 24.8. The summed E-state index contributed by atoms with van der Waals surface area (Å²) in [5, 5.41) is 8.98. The molecule has 0 spiro atoms. The second kappa shape index (κ2) is 5.28. The number of hydrogen-bond donors (Lipinski definition) is 1. The van der Waals surface area contributed by atoms with Gasteiger partial charge in [-0.2, -0.15) is 0 Å². The zero-order valence-electron chi connectivity index (χ0n) is 11.8. The lowest BCUT2D eigenvalue weighted by atomic mass is 10.1. The van der Waals surface area contributed by atoms with E-state index in [-0.39, 0.29) is 18.4 Å². The molecular formula is C17H18O3S. The predicted octanol–water partition coefficient (Wildman–Crippen LogP) is 2.54. The average molecular weight is 302 g/mol. The van der Waals surface area contributed by atoms with Gasteiger partial charge in [-0.15, -0.1) is 0 Å². The van der Waals surface area contributed by atoms with Crippen molar-refractivity contribution < 1.29 is 13.5 Å². The summed E-state index contributed by atoms with van der Waals surface area (Å²) in [5.41, 5.74) is 2.01. The van der Waals surface area contributed by atoms with Crippen LogP contribution in [0.15, 0.2) is 59.5 Å². The second-order valence-electron chi connectivity index (χ2n) is 5.61. The number of aliphatic hydroxyl groups excluding tert-OH is 1. The number of aryl methyl sites for hydroxylation is 1. The number of aliphatic hydroxyl groups is 1. The van der Waals surface area contributed by atoms with Gasteiger partial charge in [0.15, 0.2) is 9.84 Å². The lowest BCUT2D eigenvalue weighted by Crippen LogP contribution is -2.11. The molecule has 3 atom stereocenters. The van der Waals surface area contributed by atoms with E-state index < -0.39 is 15.1 Å². The van der Waals surface area contributed by atoms with Crippen molar-refractivity contribution in [3.05, 3.63) is 65.7 Å². The van der Waals surface area contributed by atoms with Crippen LogP contribution >= 0.6 is 0 Å². The Morgan fingerprint density at radius 3 is 2.19 bits per heavy atom. The Kier molecular flexibility index (Phi) is 3.59. The molecule has 0 aliphatic heterocycles. The maximum Gasteiger partial charge on any atom is 0.182 e. The first-order valence-corrected chi connectivity index (χ1v) is 8.56. The van der Waals surface area contributed by atoms with Crippen molar-refractivity contribution in [3.63, 3.8) is 0 Å². The van der Waals surface area contributed by atoms with Crippen LogP contribution in [0, 0.1) is 12.8 Å². The molecule has 2 aromatic rings. The van der Waals surface area contributed by atoms with Crippen molar-refractivity contribution in [2.45, 2.75) is 23.0 Å². The molecule has 21 heavy (non-hydrogen) atoms. The van der Waals surface area contributed by atoms with E-state index in [1.54, 1.807) is 24.3 Å². The topological polar surface area (TPSA) is 54.4 Å². The number of sulfone groups is 1. The van der Waals surface area contributed by atoms with Gasteiger partial charge in [-0.3, -0.25) is 0 Å². The summed E-state index contributed by atoms with van der Waals surface area (Å²) in [7, 11) is -3.40. The van der Waals surface area contributed by atoms with Crippen LogP contribution in [-0.2, 0) is 9.84 Å². The molecule has 0 radical (unpaired) electrons. The van der Waals surface area contributed by atoms with E-state index in [1.165, 1.54) is 0 Å². The molecule has 2 aromatic carbocycles. The van der Waals surface area contributed by atoms with Gasteiger partial charge in [0.05, 0.1) is 10.1 Å². The fourth-order valence-electron chi connectivity index (χ4n) is 2.98. The first kappa shape index (κ1) is 14.3. The molecule has 3 nitrogen and oxygen atoms in total. The van der Waals surface area contributed by atoms with Crippen molar-refractivity contribution in [2.24, 2.45) is 5.92 Å². The quantitative estimate of drug-likeness (QED) is 0.944. The van der Waals surface area contributed by atoms with Crippen LogP contribution < -0.4 is 0 Å². The van der Waals surface area contributed by atoms with Crippen LogP contribution in [0.3, 0.4) is 0 Å². The summed E-state index contributed by atoms with van der Waals surface area (Å²) in [6.07, 6.45) is 0. The van der Waals surface area contributed by atoms with Gasteiger partial charge in [0.25, 0.3) is 0 Å². The first-order valence-electron chi connectivity index (χ1n) is 7.02. The molecule has 0 heterocycles. The van der Waals surface area contributed by atoms with Gasteiger partial charge in [0.1, 0.15) is 0 Å². The third-order valence-electron chi connectivity index (χ3n) is 4.20. The molecule has 0 amide bonds. The summed E-state index contributed by atoms with van der Waals surface area (Å²) in [6.45, 7) is 1.83. The van der Waals surface area contributed by atoms with Crippen LogP contribution in [0.5, 0.6) is 0 Å². The highest BCUT2D eigenvalue weighted by molar-refractivity contribution is 7.92. The highest BCUT2D eigenvalue weighted by Gasteiger charge is 2.58. The van der Waals surface area contributed by atoms with Crippen molar-refractivity contribution in [3.8, 4) is 0 Å². The fourth-order valence-corrected chi connectivity index (χ4v) is 5.18. The van der Waals surface area contributed by atoms with Crippen molar-refractivity contribution in [2.75, 3.05) is 6.61 Å². The summed E-state index contributed by atoms with van der Waals surface area (Å²) in [5.74, 6) is -0.318. The molecule has 0 aromatic heterocycles. The van der Waals surface area contributed by atoms with Gasteiger partial charge in [-0.1, -0.05) is 48.0 Å². The largest absolute Gasteiger partial charge is 0.396 e. The Balaban J connectivity index is 1.94. The van der Waals surface area contributed by atoms with E-state index in [9.17, 15) is 13.5 Å². The highest BCUT2D eigenvalue weighted by Crippen LogP contribution is 2.53. The minimum absolute atomic E-state index is 0.102. The Morgan fingerprint density at radius 2 is 1.62 bits per heavy atom. The molecule has 1 saturated carbocycles. The fraction of sp³-hybridized carbons (Fsp3) is 0.294. The Hall–Kier alpha value is -1.65. The van der Waals surface area contributed by atoms with Crippen LogP contribution in [0.2, 0.25) is 0 Å². The molecule has 4 heteroatoms. The molecule has 0 bridgehead atoms. The standard InChI is InChI=1S/C17H18O3S/c1-12-7-9-14(10-8-12)21(19,20)17-15(11-18)16(17)13-5-3-2-4-6-13/h2-10,15-18H,11H2,1H3/t15-,16-,17+/m0/s1. The van der Waals surface area contributed by atoms with E-state index in [2.05, 4.69) is 0 Å². The maximum absolute atomic E-state index is 12.7. The van der Waals surface area contributed by atoms with Crippen LogP contribution in [0.25, 0.3) is 0 Å². The molecule has 0 unspecified atom stereocenters. The lowest BCUT2D eigenvalue weighted by Gasteiger charge is -2.05. The molecule has 1 aliphatic carbocycles. The molecule has 1 aliphatic rings. The monoisotopic (exact) mass is 302 g/mol. The van der Waals surface area contributed by atoms with Gasteiger partial charge < -0.3 is 5.11 Å². The third-order valence-corrected chi connectivity index (χ3v) is 6.49. The number of hydrogen-bond acceptors (Lipinski definition) is 3. The lowest BCUT2D eigenvalue weighted by molar-refractivity contribution is 0.274. The predicted molar refractivity (Wildman–Crippen MR) is 81.9 cm³/mol. The summed E-state index contributed by atoms with van der Waals surface area (Å²) < 4.78 is 25.5. The SMILES string of the molecule is Cc1ccc(S(=O)(=O)[C@@H]2[C@@H](CO)[C@@H]2c2ccccc2)cc1. The zero-order valence-corrected chi connectivity index (χ0v) is 12.6. The Morgan fingerprint density at radius 1 is 1.00 bits per heavy atom. The molecule has 1 N–H and O–H groups in total. The molecule has 0 saturated heterocycles. The first-order chi connectivity index (χ1) is 10.1. The minimum Gasteiger partial charge on any atom is -0.396 e. The maximum atomic E-state index is 12.7. The van der Waals surface area contributed by atoms with Gasteiger partial charge in [0, 0.05) is 18.4 Å². The van der Waals surface area contributed by atoms with Gasteiger partial charge in [-0.05, 0) is 24.6 Å². The smallest absolute Gasteiger partial charge is 0.182 e. The molecule has 110 valence electrons. The van der Waals surface area contributed by atoms with E-state index >= 15 is 0 Å². The summed E-state index contributed by atoms with van der Waals surface area (Å²) in [6, 6.07) is 16.5. The number of rotatable bonds is 4. The summed E-state index contributed by atoms with van der Waals surface area (Å²) in [4.78, 5) is 0.343. The van der Waals surface area contributed by atoms with Crippen LogP contribution in [-0.4, -0.2) is 25.4 Å². The molecule has 1 fully saturated rings. The molecule has 3 rings (SSSR count). The second-order valence-corrected chi connectivity index (χ2v) is 7.71. The molecular weight excluding hydrogens is 284 g/mol. The van der Waals surface area contributed by atoms with Gasteiger partial charge in [-0.25, -0.2) is 8.42 Å². The van der Waals surface area contributed by atoms with Crippen molar-refractivity contribution >= 4 is 9.84 Å². The van der Waals surface area contributed by atoms with Crippen LogP contribution in [0.1, 0.15) is 17.0 Å². The number of benzene rings is 2. The van der Waals surface area contributed by atoms with Crippen molar-refractivity contribution in [1.29, 1.82) is 0 Å².